The molecule has 5 nitrogen and oxygen atoms in total. The van der Waals surface area contributed by atoms with E-state index in [1.807, 2.05) is 6.92 Å². The predicted molar refractivity (Wildman–Crippen MR) is 79.8 cm³/mol. The molecule has 0 fully saturated rings. The van der Waals surface area contributed by atoms with E-state index in [4.69, 9.17) is 17.1 Å². The van der Waals surface area contributed by atoms with Gasteiger partial charge in [-0.3, -0.25) is 9.59 Å². The van der Waals surface area contributed by atoms with Gasteiger partial charge in [-0.1, -0.05) is 43.6 Å². The SMILES string of the molecule is CCCC(C)C(=O)Sc1cc(C(=O)N=[N+]=[N-])c(F)cc1Cl. The van der Waals surface area contributed by atoms with Crippen molar-refractivity contribution in [2.75, 3.05) is 0 Å². The van der Waals surface area contributed by atoms with Gasteiger partial charge in [-0.05, 0) is 29.2 Å². The number of benzene rings is 1. The second kappa shape index (κ2) is 8.02. The molecule has 1 aromatic carbocycles. The first-order valence-corrected chi connectivity index (χ1v) is 7.40. The zero-order valence-electron chi connectivity index (χ0n) is 11.5. The smallest absolute Gasteiger partial charge is 0.252 e. The summed E-state index contributed by atoms with van der Waals surface area (Å²) in [6, 6.07) is 2.07. The summed E-state index contributed by atoms with van der Waals surface area (Å²) in [5, 5.41) is 2.75. The zero-order valence-corrected chi connectivity index (χ0v) is 13.0. The lowest BCUT2D eigenvalue weighted by atomic mass is 10.1. The lowest BCUT2D eigenvalue weighted by molar-refractivity contribution is -0.114. The fourth-order valence-corrected chi connectivity index (χ4v) is 2.76. The van der Waals surface area contributed by atoms with Crippen LogP contribution in [0.3, 0.4) is 0 Å². The van der Waals surface area contributed by atoms with E-state index >= 15 is 0 Å². The molecule has 1 amide bonds. The number of rotatable bonds is 5. The highest BCUT2D eigenvalue weighted by atomic mass is 35.5. The van der Waals surface area contributed by atoms with Crippen LogP contribution in [0, 0.1) is 11.7 Å². The first kappa shape index (κ1) is 17.5. The van der Waals surface area contributed by atoms with Gasteiger partial charge in [0.05, 0.1) is 10.6 Å². The maximum absolute atomic E-state index is 13.6. The minimum absolute atomic E-state index is 0.0343. The fraction of sp³-hybridized carbons (Fsp3) is 0.385. The minimum Gasteiger partial charge on any atom is -0.287 e. The topological polar surface area (TPSA) is 82.9 Å². The van der Waals surface area contributed by atoms with E-state index < -0.39 is 17.3 Å². The zero-order chi connectivity index (χ0) is 16.0. The average Bonchev–Trinajstić information content (AvgIpc) is 2.42. The highest BCUT2D eigenvalue weighted by Crippen LogP contribution is 2.33. The van der Waals surface area contributed by atoms with E-state index in [2.05, 4.69) is 10.0 Å². The maximum atomic E-state index is 13.6. The number of halogens is 2. The number of hydrogen-bond donors (Lipinski definition) is 0. The number of carbonyl (C=O) groups is 2. The molecule has 0 radical (unpaired) electrons. The van der Waals surface area contributed by atoms with Crippen molar-refractivity contribution in [3.8, 4) is 0 Å². The van der Waals surface area contributed by atoms with Crippen LogP contribution in [0.1, 0.15) is 37.0 Å². The van der Waals surface area contributed by atoms with Gasteiger partial charge in [0.2, 0.25) is 0 Å². The molecule has 0 saturated heterocycles. The van der Waals surface area contributed by atoms with Crippen molar-refractivity contribution in [1.29, 1.82) is 0 Å². The van der Waals surface area contributed by atoms with Crippen molar-refractivity contribution < 1.29 is 14.0 Å². The number of thioether (sulfide) groups is 1. The summed E-state index contributed by atoms with van der Waals surface area (Å²) < 4.78 is 13.6. The molecule has 0 aliphatic heterocycles. The molecule has 1 rings (SSSR count). The summed E-state index contributed by atoms with van der Waals surface area (Å²) in [7, 11) is 0. The van der Waals surface area contributed by atoms with Crippen molar-refractivity contribution >= 4 is 34.4 Å². The first-order valence-electron chi connectivity index (χ1n) is 6.20. The Morgan fingerprint density at radius 3 is 2.76 bits per heavy atom. The van der Waals surface area contributed by atoms with Gasteiger partial charge in [0.1, 0.15) is 5.82 Å². The maximum Gasteiger partial charge on any atom is 0.252 e. The summed E-state index contributed by atoms with van der Waals surface area (Å²) >= 11 is 6.73. The lowest BCUT2D eigenvalue weighted by Crippen LogP contribution is -2.07. The third-order valence-electron chi connectivity index (χ3n) is 2.72. The van der Waals surface area contributed by atoms with E-state index in [0.717, 1.165) is 36.7 Å². The molecule has 0 saturated carbocycles. The highest BCUT2D eigenvalue weighted by Gasteiger charge is 2.19. The van der Waals surface area contributed by atoms with Crippen LogP contribution in [-0.4, -0.2) is 11.0 Å². The van der Waals surface area contributed by atoms with Crippen LogP contribution in [-0.2, 0) is 4.79 Å². The van der Waals surface area contributed by atoms with Crippen molar-refractivity contribution in [2.45, 2.75) is 31.6 Å². The Labute approximate surface area is 130 Å². The molecule has 21 heavy (non-hydrogen) atoms. The molecule has 0 aromatic heterocycles. The molecular formula is C13H13ClFN3O2S. The van der Waals surface area contributed by atoms with Crippen LogP contribution in [0.25, 0.3) is 10.4 Å². The number of amides is 1. The van der Waals surface area contributed by atoms with E-state index in [-0.39, 0.29) is 21.0 Å². The van der Waals surface area contributed by atoms with Crippen molar-refractivity contribution in [1.82, 2.24) is 0 Å². The van der Waals surface area contributed by atoms with E-state index in [9.17, 15) is 14.0 Å². The summed E-state index contributed by atoms with van der Waals surface area (Å²) in [6.45, 7) is 3.76. The monoisotopic (exact) mass is 329 g/mol. The standard InChI is InChI=1S/C13H13ClFN3O2S/c1-3-4-7(2)13(20)21-11-5-8(12(19)17-18-16)10(15)6-9(11)14/h5-7H,3-4H2,1-2H3. The Balaban J connectivity index is 3.08. The Hall–Kier alpha value is -1.56. The molecule has 0 heterocycles. The molecule has 1 unspecified atom stereocenters. The second-order valence-corrected chi connectivity index (χ2v) is 5.82. The summed E-state index contributed by atoms with van der Waals surface area (Å²) in [5.74, 6) is -2.12. The Kier molecular flexibility index (Phi) is 6.68. The molecule has 8 heteroatoms. The molecule has 1 atom stereocenters. The molecule has 112 valence electrons. The lowest BCUT2D eigenvalue weighted by Gasteiger charge is -2.10. The van der Waals surface area contributed by atoms with Crippen LogP contribution in [0.4, 0.5) is 4.39 Å². The van der Waals surface area contributed by atoms with Crippen molar-refractivity contribution in [2.24, 2.45) is 11.0 Å². The van der Waals surface area contributed by atoms with E-state index in [0.29, 0.717) is 0 Å². The van der Waals surface area contributed by atoms with Gasteiger partial charge in [-0.25, -0.2) is 4.39 Å². The highest BCUT2D eigenvalue weighted by molar-refractivity contribution is 8.13. The van der Waals surface area contributed by atoms with Gasteiger partial charge in [0.25, 0.3) is 5.91 Å². The molecule has 0 bridgehead atoms. The Morgan fingerprint density at radius 2 is 2.19 bits per heavy atom. The van der Waals surface area contributed by atoms with Crippen LogP contribution in [0.15, 0.2) is 22.1 Å². The molecule has 1 aromatic rings. The average molecular weight is 330 g/mol. The molecular weight excluding hydrogens is 317 g/mol. The van der Waals surface area contributed by atoms with Gasteiger partial charge in [-0.15, -0.1) is 0 Å². The quantitative estimate of drug-likeness (QED) is 0.330. The van der Waals surface area contributed by atoms with Gasteiger partial charge < -0.3 is 0 Å². The summed E-state index contributed by atoms with van der Waals surface area (Å²) in [6.07, 6.45) is 1.60. The van der Waals surface area contributed by atoms with Crippen molar-refractivity contribution in [3.05, 3.63) is 39.0 Å². The molecule has 0 aliphatic rings. The van der Waals surface area contributed by atoms with Gasteiger partial charge in [0.15, 0.2) is 5.12 Å². The Morgan fingerprint density at radius 1 is 1.52 bits per heavy atom. The number of azide groups is 1. The van der Waals surface area contributed by atoms with Crippen LogP contribution >= 0.6 is 23.4 Å². The largest absolute Gasteiger partial charge is 0.287 e. The van der Waals surface area contributed by atoms with Gasteiger partial charge in [-0.2, -0.15) is 0 Å². The first-order chi connectivity index (χ1) is 9.90. The summed E-state index contributed by atoms with van der Waals surface area (Å²) in [4.78, 5) is 26.0. The number of carbonyl (C=O) groups excluding carboxylic acids is 2. The predicted octanol–water partition coefficient (Wildman–Crippen LogP) is 4.98. The van der Waals surface area contributed by atoms with Gasteiger partial charge in [0, 0.05) is 15.7 Å². The number of hydrogen-bond acceptors (Lipinski definition) is 3. The normalized spacial score (nSPS) is 11.6. The van der Waals surface area contributed by atoms with Crippen molar-refractivity contribution in [3.63, 3.8) is 0 Å². The van der Waals surface area contributed by atoms with Gasteiger partial charge >= 0.3 is 0 Å². The van der Waals surface area contributed by atoms with E-state index in [1.54, 1.807) is 6.92 Å². The summed E-state index contributed by atoms with van der Waals surface area (Å²) in [5.41, 5.74) is 7.81. The fourth-order valence-electron chi connectivity index (χ4n) is 1.63. The van der Waals surface area contributed by atoms with Crippen LogP contribution < -0.4 is 0 Å². The third-order valence-corrected chi connectivity index (χ3v) is 4.31. The van der Waals surface area contributed by atoms with Crippen LogP contribution in [0.2, 0.25) is 5.02 Å². The minimum atomic E-state index is -1.05. The molecule has 0 N–H and O–H groups in total. The third kappa shape index (κ3) is 4.74. The molecule has 0 spiro atoms. The second-order valence-electron chi connectivity index (χ2n) is 4.37. The molecule has 0 aliphatic carbocycles. The number of nitrogens with zero attached hydrogens (tertiary/aromatic N) is 3. The van der Waals surface area contributed by atoms with Crippen LogP contribution in [0.5, 0.6) is 0 Å². The van der Waals surface area contributed by atoms with E-state index in [1.165, 1.54) is 0 Å². The Bertz CT molecular complexity index is 618.